The SMILES string of the molecule is O=[N+]([O-])c1ccc(-c2ccc(CO)o2)c(F)c1. The molecule has 0 unspecified atom stereocenters. The number of nitrogens with zero attached hydrogens (tertiary/aromatic N) is 1. The van der Waals surface area contributed by atoms with Crippen LogP contribution >= 0.6 is 0 Å². The first-order valence-corrected chi connectivity index (χ1v) is 4.75. The van der Waals surface area contributed by atoms with Crippen molar-refractivity contribution in [2.24, 2.45) is 0 Å². The van der Waals surface area contributed by atoms with E-state index in [1.807, 2.05) is 0 Å². The molecule has 0 radical (unpaired) electrons. The third kappa shape index (κ3) is 2.16. The minimum Gasteiger partial charge on any atom is -0.459 e. The van der Waals surface area contributed by atoms with Crippen LogP contribution in [-0.2, 0) is 6.61 Å². The van der Waals surface area contributed by atoms with Gasteiger partial charge in [0, 0.05) is 6.07 Å². The van der Waals surface area contributed by atoms with Gasteiger partial charge in [0.1, 0.15) is 23.9 Å². The fourth-order valence-corrected chi connectivity index (χ4v) is 1.43. The summed E-state index contributed by atoms with van der Waals surface area (Å²) in [5.41, 5.74) is -0.199. The first-order valence-electron chi connectivity index (χ1n) is 4.75. The summed E-state index contributed by atoms with van der Waals surface area (Å²) in [5.74, 6) is -0.211. The van der Waals surface area contributed by atoms with Gasteiger partial charge < -0.3 is 9.52 Å². The summed E-state index contributed by atoms with van der Waals surface area (Å²) in [6, 6.07) is 6.30. The molecule has 2 aromatic rings. The summed E-state index contributed by atoms with van der Waals surface area (Å²) >= 11 is 0. The van der Waals surface area contributed by atoms with Gasteiger partial charge in [-0.25, -0.2) is 4.39 Å². The second-order valence-electron chi connectivity index (χ2n) is 3.35. The van der Waals surface area contributed by atoms with Gasteiger partial charge in [0.15, 0.2) is 0 Å². The van der Waals surface area contributed by atoms with Crippen molar-refractivity contribution >= 4 is 5.69 Å². The lowest BCUT2D eigenvalue weighted by molar-refractivity contribution is -0.385. The number of rotatable bonds is 3. The van der Waals surface area contributed by atoms with Crippen molar-refractivity contribution in [2.75, 3.05) is 0 Å². The van der Waals surface area contributed by atoms with E-state index in [1.54, 1.807) is 0 Å². The topological polar surface area (TPSA) is 76.5 Å². The van der Waals surface area contributed by atoms with Gasteiger partial charge in [-0.15, -0.1) is 0 Å². The highest BCUT2D eigenvalue weighted by atomic mass is 19.1. The maximum Gasteiger partial charge on any atom is 0.272 e. The second-order valence-corrected chi connectivity index (χ2v) is 3.35. The van der Waals surface area contributed by atoms with Crippen molar-refractivity contribution in [3.63, 3.8) is 0 Å². The van der Waals surface area contributed by atoms with Crippen LogP contribution < -0.4 is 0 Å². The number of aliphatic hydroxyl groups excluding tert-OH is 1. The van der Waals surface area contributed by atoms with E-state index in [0.717, 1.165) is 6.07 Å². The molecule has 0 atom stereocenters. The number of non-ortho nitro benzene ring substituents is 1. The molecular weight excluding hydrogens is 229 g/mol. The summed E-state index contributed by atoms with van der Waals surface area (Å²) in [5, 5.41) is 19.2. The van der Waals surface area contributed by atoms with E-state index in [0.29, 0.717) is 5.76 Å². The van der Waals surface area contributed by atoms with E-state index in [-0.39, 0.29) is 23.6 Å². The molecule has 88 valence electrons. The van der Waals surface area contributed by atoms with Crippen molar-refractivity contribution in [1.29, 1.82) is 0 Å². The molecule has 0 amide bonds. The fraction of sp³-hybridized carbons (Fsp3) is 0.0909. The summed E-state index contributed by atoms with van der Waals surface area (Å²) in [7, 11) is 0. The molecule has 0 bridgehead atoms. The Morgan fingerprint density at radius 3 is 2.65 bits per heavy atom. The molecule has 0 aliphatic heterocycles. The molecule has 5 nitrogen and oxygen atoms in total. The Morgan fingerprint density at radius 1 is 1.35 bits per heavy atom. The lowest BCUT2D eigenvalue weighted by Gasteiger charge is -1.99. The molecule has 1 heterocycles. The Bertz CT molecular complexity index is 564. The van der Waals surface area contributed by atoms with E-state index in [2.05, 4.69) is 0 Å². The molecule has 1 aromatic carbocycles. The molecule has 0 aliphatic rings. The predicted octanol–water partition coefficient (Wildman–Crippen LogP) is 2.49. The average Bonchev–Trinajstić information content (AvgIpc) is 2.77. The third-order valence-corrected chi connectivity index (χ3v) is 2.25. The van der Waals surface area contributed by atoms with Gasteiger partial charge in [0.25, 0.3) is 5.69 Å². The average molecular weight is 237 g/mol. The summed E-state index contributed by atoms with van der Waals surface area (Å²) < 4.78 is 18.7. The van der Waals surface area contributed by atoms with Crippen LogP contribution in [0.5, 0.6) is 0 Å². The van der Waals surface area contributed by atoms with E-state index in [9.17, 15) is 14.5 Å². The van der Waals surface area contributed by atoms with Gasteiger partial charge in [-0.2, -0.15) is 0 Å². The minimum atomic E-state index is -0.738. The van der Waals surface area contributed by atoms with E-state index < -0.39 is 10.7 Å². The van der Waals surface area contributed by atoms with Crippen LogP contribution in [0.15, 0.2) is 34.7 Å². The Morgan fingerprint density at radius 2 is 2.12 bits per heavy atom. The van der Waals surface area contributed by atoms with Gasteiger partial charge in [-0.1, -0.05) is 0 Å². The zero-order valence-corrected chi connectivity index (χ0v) is 8.59. The number of halogens is 1. The van der Waals surface area contributed by atoms with E-state index in [1.165, 1.54) is 24.3 Å². The number of nitro benzene ring substituents is 1. The smallest absolute Gasteiger partial charge is 0.272 e. The van der Waals surface area contributed by atoms with Crippen LogP contribution in [0.2, 0.25) is 0 Å². The lowest BCUT2D eigenvalue weighted by Crippen LogP contribution is -1.90. The van der Waals surface area contributed by atoms with Crippen molar-refractivity contribution in [2.45, 2.75) is 6.61 Å². The monoisotopic (exact) mass is 237 g/mol. The molecule has 17 heavy (non-hydrogen) atoms. The normalized spacial score (nSPS) is 10.5. The Hall–Kier alpha value is -2.21. The van der Waals surface area contributed by atoms with Crippen LogP contribution in [0.1, 0.15) is 5.76 Å². The van der Waals surface area contributed by atoms with E-state index in [4.69, 9.17) is 9.52 Å². The quantitative estimate of drug-likeness (QED) is 0.657. The van der Waals surface area contributed by atoms with Crippen molar-refractivity contribution in [1.82, 2.24) is 0 Å². The first-order chi connectivity index (χ1) is 8.11. The zero-order valence-electron chi connectivity index (χ0n) is 8.59. The van der Waals surface area contributed by atoms with Crippen LogP contribution in [0.3, 0.4) is 0 Å². The Kier molecular flexibility index (Phi) is 2.88. The molecule has 6 heteroatoms. The minimum absolute atomic E-state index is 0.121. The summed E-state index contributed by atoms with van der Waals surface area (Å²) in [4.78, 5) is 9.76. The van der Waals surface area contributed by atoms with E-state index >= 15 is 0 Å². The second kappa shape index (κ2) is 4.34. The number of nitro groups is 1. The maximum absolute atomic E-state index is 13.6. The number of furan rings is 1. The summed E-state index contributed by atoms with van der Waals surface area (Å²) in [6.07, 6.45) is 0. The zero-order chi connectivity index (χ0) is 12.4. The van der Waals surface area contributed by atoms with Gasteiger partial charge in [0.05, 0.1) is 16.6 Å². The Balaban J connectivity index is 2.42. The fourth-order valence-electron chi connectivity index (χ4n) is 1.43. The first kappa shape index (κ1) is 11.3. The van der Waals surface area contributed by atoms with Gasteiger partial charge in [-0.3, -0.25) is 10.1 Å². The molecule has 0 fully saturated rings. The predicted molar refractivity (Wildman–Crippen MR) is 56.7 cm³/mol. The molecule has 1 N–H and O–H groups in total. The third-order valence-electron chi connectivity index (χ3n) is 2.25. The molecular formula is C11H8FNO4. The molecule has 2 rings (SSSR count). The summed E-state index contributed by atoms with van der Waals surface area (Å²) in [6.45, 7) is -0.283. The van der Waals surface area contributed by atoms with Gasteiger partial charge in [-0.05, 0) is 18.2 Å². The number of aliphatic hydroxyl groups is 1. The van der Waals surface area contributed by atoms with Crippen LogP contribution in [-0.4, -0.2) is 10.0 Å². The molecule has 0 aliphatic carbocycles. The number of hydrogen-bond donors (Lipinski definition) is 1. The molecule has 0 saturated heterocycles. The Labute approximate surface area is 95.3 Å². The standard InChI is InChI=1S/C11H8FNO4/c12-10-5-7(13(15)16)1-3-9(10)11-4-2-8(6-14)17-11/h1-5,14H,6H2. The van der Waals surface area contributed by atoms with Crippen molar-refractivity contribution < 1.29 is 18.8 Å². The van der Waals surface area contributed by atoms with Gasteiger partial charge in [0.2, 0.25) is 0 Å². The number of benzene rings is 1. The van der Waals surface area contributed by atoms with Crippen molar-refractivity contribution in [3.8, 4) is 11.3 Å². The van der Waals surface area contributed by atoms with Crippen LogP contribution in [0.4, 0.5) is 10.1 Å². The highest BCUT2D eigenvalue weighted by Crippen LogP contribution is 2.27. The highest BCUT2D eigenvalue weighted by Gasteiger charge is 2.14. The lowest BCUT2D eigenvalue weighted by atomic mass is 10.1. The largest absolute Gasteiger partial charge is 0.459 e. The van der Waals surface area contributed by atoms with Crippen LogP contribution in [0, 0.1) is 15.9 Å². The molecule has 0 saturated carbocycles. The van der Waals surface area contributed by atoms with Crippen LogP contribution in [0.25, 0.3) is 11.3 Å². The molecule has 1 aromatic heterocycles. The maximum atomic E-state index is 13.6. The number of hydrogen-bond acceptors (Lipinski definition) is 4. The highest BCUT2D eigenvalue weighted by molar-refractivity contribution is 5.60. The molecule has 0 spiro atoms. The van der Waals surface area contributed by atoms with Gasteiger partial charge >= 0.3 is 0 Å². The van der Waals surface area contributed by atoms with Crippen molar-refractivity contribution in [3.05, 3.63) is 52.0 Å².